The molecule has 31 heavy (non-hydrogen) atoms. The normalized spacial score (nSPS) is 18.9. The van der Waals surface area contributed by atoms with Crippen LogP contribution in [0.5, 0.6) is 0 Å². The number of nitrogens with zero attached hydrogens (tertiary/aromatic N) is 5. The highest BCUT2D eigenvalue weighted by atomic mass is 16.6. The Morgan fingerprint density at radius 2 is 1.48 bits per heavy atom. The van der Waals surface area contributed by atoms with Crippen molar-refractivity contribution in [3.8, 4) is 0 Å². The average Bonchev–Trinajstić information content (AvgIpc) is 3.18. The van der Waals surface area contributed by atoms with E-state index < -0.39 is 27.9 Å². The van der Waals surface area contributed by atoms with E-state index in [0.29, 0.717) is 24.5 Å². The molecular formula is C19H35N7O5. The van der Waals surface area contributed by atoms with E-state index in [4.69, 9.17) is 10.4 Å². The molecule has 1 heterocycles. The topological polar surface area (TPSA) is 177 Å². The number of aliphatic hydroxyl groups is 1. The van der Waals surface area contributed by atoms with Crippen molar-refractivity contribution in [3.05, 3.63) is 10.1 Å². The number of aliphatic imine (C=N–C) groups is 2. The fourth-order valence-electron chi connectivity index (χ4n) is 2.94. The van der Waals surface area contributed by atoms with Crippen LogP contribution >= 0.6 is 0 Å². The van der Waals surface area contributed by atoms with E-state index in [-0.39, 0.29) is 18.8 Å². The number of nitro groups is 1. The molecule has 5 N–H and O–H groups in total. The Morgan fingerprint density at radius 3 is 1.84 bits per heavy atom. The van der Waals surface area contributed by atoms with E-state index in [1.54, 1.807) is 13.8 Å². The van der Waals surface area contributed by atoms with Gasteiger partial charge in [-0.3, -0.25) is 10.1 Å². The Morgan fingerprint density at radius 1 is 1.06 bits per heavy atom. The second kappa shape index (κ2) is 10.7. The third-order valence-electron chi connectivity index (χ3n) is 5.81. The zero-order valence-corrected chi connectivity index (χ0v) is 19.0. The highest BCUT2D eigenvalue weighted by Gasteiger charge is 2.45. The van der Waals surface area contributed by atoms with Crippen molar-refractivity contribution in [2.45, 2.75) is 77.4 Å². The van der Waals surface area contributed by atoms with Crippen LogP contribution in [-0.4, -0.2) is 80.4 Å². The third-order valence-corrected chi connectivity index (χ3v) is 5.81. The van der Waals surface area contributed by atoms with Crippen molar-refractivity contribution in [2.24, 2.45) is 26.2 Å². The number of nitrogens with one attached hydrogen (secondary N) is 2. The maximum atomic E-state index is 11.4. The van der Waals surface area contributed by atoms with Gasteiger partial charge in [0.25, 0.3) is 0 Å². The minimum atomic E-state index is -1.89. The van der Waals surface area contributed by atoms with E-state index in [0.717, 1.165) is 0 Å². The molecule has 176 valence electrons. The van der Waals surface area contributed by atoms with Gasteiger partial charge < -0.3 is 26.2 Å². The highest BCUT2D eigenvalue weighted by Crippen LogP contribution is 2.26. The monoisotopic (exact) mass is 441 g/mol. The molecule has 0 radical (unpaired) electrons. The van der Waals surface area contributed by atoms with Crippen molar-refractivity contribution >= 4 is 23.9 Å². The molecule has 1 atom stereocenters. The summed E-state index contributed by atoms with van der Waals surface area (Å²) >= 11 is 0. The summed E-state index contributed by atoms with van der Waals surface area (Å²) in [7, 11) is 0. The van der Waals surface area contributed by atoms with Crippen molar-refractivity contribution in [1.82, 2.24) is 10.6 Å². The van der Waals surface area contributed by atoms with E-state index in [2.05, 4.69) is 30.9 Å². The lowest BCUT2D eigenvalue weighted by molar-refractivity contribution is -0.568. The smallest absolute Gasteiger partial charge is 0.411 e. The molecular weight excluding hydrogens is 406 g/mol. The van der Waals surface area contributed by atoms with Crippen LogP contribution in [0, 0.1) is 16.0 Å². The molecule has 0 bridgehead atoms. The zero-order chi connectivity index (χ0) is 23.9. The summed E-state index contributed by atoms with van der Waals surface area (Å²) in [5, 5.41) is 53.4. The molecule has 1 unspecified atom stereocenters. The molecule has 0 saturated carbocycles. The molecule has 0 aromatic carbocycles. The fraction of sp³-hybridized carbons (Fsp3) is 0.789. The molecule has 0 aliphatic carbocycles. The standard InChI is InChI=1S/C19H35N7O5/c1-13(24-28)17(3,4)22-11-15(12-23-18(5,6)14(2)25-29)9-16(27)10-19(26(30)31)20-7-8-21-19/h7-8,15-16,22-23,27-29H,9-12H2,1-6H3/b24-13+,25-14+. The maximum Gasteiger partial charge on any atom is 0.414 e. The molecule has 12 nitrogen and oxygen atoms in total. The second-order valence-corrected chi connectivity index (χ2v) is 8.93. The summed E-state index contributed by atoms with van der Waals surface area (Å²) in [6, 6.07) is 0. The summed E-state index contributed by atoms with van der Waals surface area (Å²) in [4.78, 5) is 18.5. The summed E-state index contributed by atoms with van der Waals surface area (Å²) in [5.41, 5.74) is -0.216. The lowest BCUT2D eigenvalue weighted by Crippen LogP contribution is -2.52. The largest absolute Gasteiger partial charge is 0.414 e. The van der Waals surface area contributed by atoms with Gasteiger partial charge in [-0.15, -0.1) is 0 Å². The van der Waals surface area contributed by atoms with Crippen LogP contribution in [0.4, 0.5) is 0 Å². The van der Waals surface area contributed by atoms with Gasteiger partial charge in [-0.25, -0.2) is 0 Å². The van der Waals surface area contributed by atoms with Crippen LogP contribution < -0.4 is 10.6 Å². The van der Waals surface area contributed by atoms with Crippen LogP contribution in [0.1, 0.15) is 54.4 Å². The van der Waals surface area contributed by atoms with E-state index in [1.165, 1.54) is 12.4 Å². The van der Waals surface area contributed by atoms with Crippen LogP contribution in [0.15, 0.2) is 20.3 Å². The Hall–Kier alpha value is -2.44. The lowest BCUT2D eigenvalue weighted by Gasteiger charge is -2.32. The Balaban J connectivity index is 2.92. The predicted molar refractivity (Wildman–Crippen MR) is 119 cm³/mol. The summed E-state index contributed by atoms with van der Waals surface area (Å²) in [6.07, 6.45) is 1.48. The first-order valence-corrected chi connectivity index (χ1v) is 10.1. The fourth-order valence-corrected chi connectivity index (χ4v) is 2.94. The van der Waals surface area contributed by atoms with Gasteiger partial charge in [0.15, 0.2) is 0 Å². The molecule has 0 amide bonds. The Kier molecular flexibility index (Phi) is 9.21. The van der Waals surface area contributed by atoms with Crippen LogP contribution in [0.25, 0.3) is 0 Å². The van der Waals surface area contributed by atoms with Crippen LogP contribution in [0.3, 0.4) is 0 Å². The first-order valence-electron chi connectivity index (χ1n) is 10.1. The van der Waals surface area contributed by atoms with E-state index in [1.807, 2.05) is 27.7 Å². The molecule has 1 aliphatic rings. The van der Waals surface area contributed by atoms with Gasteiger partial charge in [0.1, 0.15) is 0 Å². The molecule has 0 aromatic heterocycles. The van der Waals surface area contributed by atoms with Crippen molar-refractivity contribution in [3.63, 3.8) is 0 Å². The molecule has 0 aromatic rings. The summed E-state index contributed by atoms with van der Waals surface area (Å²) < 4.78 is 0. The van der Waals surface area contributed by atoms with Gasteiger partial charge in [0.2, 0.25) is 0 Å². The predicted octanol–water partition coefficient (Wildman–Crippen LogP) is 1.27. The first kappa shape index (κ1) is 26.6. The molecule has 0 saturated heterocycles. The molecule has 12 heteroatoms. The van der Waals surface area contributed by atoms with Gasteiger partial charge in [-0.2, -0.15) is 9.98 Å². The van der Waals surface area contributed by atoms with Crippen molar-refractivity contribution in [1.29, 1.82) is 0 Å². The van der Waals surface area contributed by atoms with E-state index >= 15 is 0 Å². The minimum absolute atomic E-state index is 0.162. The number of oxime groups is 2. The number of hydrogen-bond donors (Lipinski definition) is 5. The molecule has 1 rings (SSSR count). The average molecular weight is 442 g/mol. The third kappa shape index (κ3) is 7.33. The zero-order valence-electron chi connectivity index (χ0n) is 19.0. The minimum Gasteiger partial charge on any atom is -0.411 e. The van der Waals surface area contributed by atoms with Crippen molar-refractivity contribution in [2.75, 3.05) is 13.1 Å². The van der Waals surface area contributed by atoms with Gasteiger partial charge >= 0.3 is 5.79 Å². The summed E-state index contributed by atoms with van der Waals surface area (Å²) in [5.74, 6) is -2.05. The number of rotatable bonds is 13. The summed E-state index contributed by atoms with van der Waals surface area (Å²) in [6.45, 7) is 11.7. The first-order chi connectivity index (χ1) is 14.3. The SMILES string of the molecule is C/C(=N\O)C(C)(C)NCC(CNC(C)(C)/C(C)=N/O)CC(O)CC1([N+](=O)[O-])N=CC=N1. The molecule has 1 aliphatic heterocycles. The number of hydrogen-bond acceptors (Lipinski definition) is 11. The van der Waals surface area contributed by atoms with Gasteiger partial charge in [0.05, 0.1) is 39.9 Å². The molecule has 0 spiro atoms. The molecule has 0 fully saturated rings. The van der Waals surface area contributed by atoms with Crippen LogP contribution in [-0.2, 0) is 0 Å². The highest BCUT2D eigenvalue weighted by molar-refractivity contribution is 6.17. The van der Waals surface area contributed by atoms with Crippen LogP contribution in [0.2, 0.25) is 0 Å². The van der Waals surface area contributed by atoms with E-state index in [9.17, 15) is 15.2 Å². The van der Waals surface area contributed by atoms with Crippen molar-refractivity contribution < 1.29 is 20.4 Å². The lowest BCUT2D eigenvalue weighted by atomic mass is 9.92. The Bertz CT molecular complexity index is 700. The Labute approximate surface area is 182 Å². The maximum absolute atomic E-state index is 11.4. The van der Waals surface area contributed by atoms with Gasteiger partial charge in [-0.1, -0.05) is 10.3 Å². The van der Waals surface area contributed by atoms with Gasteiger partial charge in [-0.05, 0) is 53.9 Å². The quantitative estimate of drug-likeness (QED) is 0.124. The number of aliphatic hydroxyl groups excluding tert-OH is 1. The second-order valence-electron chi connectivity index (χ2n) is 8.93. The van der Waals surface area contributed by atoms with Gasteiger partial charge in [0, 0.05) is 25.5 Å².